The largest absolute Gasteiger partial charge is 0.438 e. The van der Waals surface area contributed by atoms with Crippen LogP contribution in [0.1, 0.15) is 28.1 Å². The molecular formula is C39H32N3O2+. The Morgan fingerprint density at radius 3 is 1.93 bits per heavy atom. The first kappa shape index (κ1) is 26.3. The van der Waals surface area contributed by atoms with Gasteiger partial charge in [-0.25, -0.2) is 14.5 Å². The molecule has 8 rings (SSSR count). The van der Waals surface area contributed by atoms with E-state index in [2.05, 4.69) is 115 Å². The van der Waals surface area contributed by atoms with E-state index in [1.54, 1.807) is 0 Å². The molecule has 3 aromatic carbocycles. The molecule has 0 fully saturated rings. The molecule has 214 valence electrons. The zero-order chi connectivity index (χ0) is 30.3. The van der Waals surface area contributed by atoms with E-state index in [0.29, 0.717) is 11.4 Å². The molecule has 5 nitrogen and oxygen atoms in total. The predicted octanol–water partition coefficient (Wildman–Crippen LogP) is 9.64. The van der Waals surface area contributed by atoms with E-state index in [1.807, 2.05) is 26.0 Å². The lowest BCUT2D eigenvalue weighted by atomic mass is 9.92. The third-order valence-electron chi connectivity index (χ3n) is 8.91. The number of fused-ring (bicyclic) bond motifs is 6. The van der Waals surface area contributed by atoms with Gasteiger partial charge in [-0.2, -0.15) is 0 Å². The van der Waals surface area contributed by atoms with Gasteiger partial charge in [0, 0.05) is 44.6 Å². The van der Waals surface area contributed by atoms with Crippen molar-refractivity contribution in [3.05, 3.63) is 113 Å². The molecule has 0 radical (unpaired) electrons. The fourth-order valence-electron chi connectivity index (χ4n) is 6.62. The molecular weight excluding hydrogens is 542 g/mol. The van der Waals surface area contributed by atoms with Crippen LogP contribution in [0.25, 0.3) is 77.6 Å². The van der Waals surface area contributed by atoms with Crippen molar-refractivity contribution >= 4 is 44.1 Å². The molecule has 0 saturated heterocycles. The van der Waals surface area contributed by atoms with Crippen LogP contribution in [0.3, 0.4) is 0 Å². The standard InChI is InChI=1S/C39H32N3O2/c1-21-7-12-30-32-14-9-25(5)41-39(32)44-37(30)36(21)34-19-33(23(3)20-42(34)6)28-15-10-26(17-22(28)2)27-11-16-29-31-13-8-24(4)40-38(31)43-35(29)18-27/h7-20H,1-6H3/q+1. The minimum absolute atomic E-state index is 0.681. The third kappa shape index (κ3) is 4.04. The number of nitrogens with zero attached hydrogens (tertiary/aromatic N) is 3. The molecule has 0 N–H and O–H groups in total. The van der Waals surface area contributed by atoms with Gasteiger partial charge in [-0.15, -0.1) is 0 Å². The topological polar surface area (TPSA) is 55.9 Å². The van der Waals surface area contributed by atoms with Gasteiger partial charge in [0.1, 0.15) is 12.6 Å². The Morgan fingerprint density at radius 2 is 1.18 bits per heavy atom. The maximum absolute atomic E-state index is 6.44. The highest BCUT2D eigenvalue weighted by Crippen LogP contribution is 2.39. The van der Waals surface area contributed by atoms with E-state index in [0.717, 1.165) is 72.0 Å². The van der Waals surface area contributed by atoms with Gasteiger partial charge < -0.3 is 8.83 Å². The van der Waals surface area contributed by atoms with Crippen LogP contribution in [0.2, 0.25) is 0 Å². The average molecular weight is 575 g/mol. The smallest absolute Gasteiger partial charge is 0.227 e. The number of hydrogen-bond acceptors (Lipinski definition) is 4. The Kier molecular flexibility index (Phi) is 5.76. The average Bonchev–Trinajstić information content (AvgIpc) is 3.54. The van der Waals surface area contributed by atoms with Crippen molar-refractivity contribution in [3.8, 4) is 33.5 Å². The summed E-state index contributed by atoms with van der Waals surface area (Å²) >= 11 is 0. The maximum Gasteiger partial charge on any atom is 0.227 e. The predicted molar refractivity (Wildman–Crippen MR) is 178 cm³/mol. The third-order valence-corrected chi connectivity index (χ3v) is 8.91. The summed E-state index contributed by atoms with van der Waals surface area (Å²) in [5.41, 5.74) is 15.5. The number of aryl methyl sites for hydroxylation is 6. The van der Waals surface area contributed by atoms with Crippen LogP contribution in [0.4, 0.5) is 0 Å². The van der Waals surface area contributed by atoms with E-state index in [4.69, 9.17) is 8.83 Å². The fourth-order valence-corrected chi connectivity index (χ4v) is 6.62. The first-order chi connectivity index (χ1) is 21.2. The highest BCUT2D eigenvalue weighted by atomic mass is 16.3. The normalized spacial score (nSPS) is 11.9. The molecule has 0 spiro atoms. The van der Waals surface area contributed by atoms with E-state index < -0.39 is 0 Å². The lowest BCUT2D eigenvalue weighted by Gasteiger charge is -2.13. The van der Waals surface area contributed by atoms with Crippen LogP contribution < -0.4 is 4.57 Å². The lowest BCUT2D eigenvalue weighted by Crippen LogP contribution is -2.31. The summed E-state index contributed by atoms with van der Waals surface area (Å²) < 4.78 is 14.8. The number of benzene rings is 3. The minimum Gasteiger partial charge on any atom is -0.438 e. The van der Waals surface area contributed by atoms with Crippen molar-refractivity contribution in [2.24, 2.45) is 7.05 Å². The van der Waals surface area contributed by atoms with Crippen LogP contribution in [0, 0.1) is 34.6 Å². The molecule has 0 aliphatic rings. The number of aromatic nitrogens is 3. The molecule has 0 amide bonds. The van der Waals surface area contributed by atoms with Crippen molar-refractivity contribution in [3.63, 3.8) is 0 Å². The molecule has 5 heterocycles. The van der Waals surface area contributed by atoms with Gasteiger partial charge in [-0.3, -0.25) is 0 Å². The summed E-state index contributed by atoms with van der Waals surface area (Å²) in [5.74, 6) is 0. The summed E-state index contributed by atoms with van der Waals surface area (Å²) in [4.78, 5) is 9.25. The highest BCUT2D eigenvalue weighted by Gasteiger charge is 2.23. The molecule has 5 aromatic heterocycles. The van der Waals surface area contributed by atoms with E-state index in [9.17, 15) is 0 Å². The van der Waals surface area contributed by atoms with Gasteiger partial charge in [-0.1, -0.05) is 36.4 Å². The summed E-state index contributed by atoms with van der Waals surface area (Å²) in [7, 11) is 2.11. The maximum atomic E-state index is 6.44. The second-order valence-electron chi connectivity index (χ2n) is 12.1. The SMILES string of the molecule is Cc1ccc2c(n1)oc1cc(-c3ccc(-c4cc(-c5c(C)ccc6c5oc5nc(C)ccc56)[n+](C)cc4C)c(C)c3)ccc12. The second-order valence-corrected chi connectivity index (χ2v) is 12.1. The molecule has 0 atom stereocenters. The Bertz CT molecular complexity index is 2460. The van der Waals surface area contributed by atoms with Gasteiger partial charge in [0.2, 0.25) is 17.1 Å². The van der Waals surface area contributed by atoms with Crippen LogP contribution in [-0.2, 0) is 7.05 Å². The summed E-state index contributed by atoms with van der Waals surface area (Å²) in [6.45, 7) is 10.5. The monoisotopic (exact) mass is 574 g/mol. The van der Waals surface area contributed by atoms with Crippen molar-refractivity contribution in [1.82, 2.24) is 9.97 Å². The second kappa shape index (κ2) is 9.61. The summed E-state index contributed by atoms with van der Waals surface area (Å²) in [6, 6.07) is 28.1. The molecule has 8 aromatic rings. The first-order valence-electron chi connectivity index (χ1n) is 15.0. The Morgan fingerprint density at radius 1 is 0.545 bits per heavy atom. The molecule has 0 saturated carbocycles. The Labute approximate surface area is 255 Å². The van der Waals surface area contributed by atoms with Crippen LogP contribution in [0.5, 0.6) is 0 Å². The van der Waals surface area contributed by atoms with Crippen LogP contribution >= 0.6 is 0 Å². The molecule has 0 aliphatic carbocycles. The molecule has 0 bridgehead atoms. The Hall–Kier alpha value is -5.29. The van der Waals surface area contributed by atoms with E-state index in [1.165, 1.54) is 22.3 Å². The number of hydrogen-bond donors (Lipinski definition) is 0. The number of pyridine rings is 3. The van der Waals surface area contributed by atoms with Gasteiger partial charge >= 0.3 is 0 Å². The quantitative estimate of drug-likeness (QED) is 0.197. The molecule has 5 heteroatoms. The highest BCUT2D eigenvalue weighted by molar-refractivity contribution is 6.09. The minimum atomic E-state index is 0.681. The Balaban J connectivity index is 1.24. The molecule has 0 unspecified atom stereocenters. The zero-order valence-corrected chi connectivity index (χ0v) is 25.7. The fraction of sp³-hybridized carbons (Fsp3) is 0.154. The molecule has 0 aliphatic heterocycles. The van der Waals surface area contributed by atoms with Crippen molar-refractivity contribution < 1.29 is 13.4 Å². The molecule has 44 heavy (non-hydrogen) atoms. The number of furan rings is 2. The van der Waals surface area contributed by atoms with Gasteiger partial charge in [-0.05, 0) is 104 Å². The van der Waals surface area contributed by atoms with Gasteiger partial charge in [0.05, 0.1) is 5.56 Å². The number of rotatable bonds is 3. The van der Waals surface area contributed by atoms with Crippen molar-refractivity contribution in [2.45, 2.75) is 34.6 Å². The van der Waals surface area contributed by atoms with Crippen molar-refractivity contribution in [2.75, 3.05) is 0 Å². The van der Waals surface area contributed by atoms with Crippen LogP contribution in [-0.4, -0.2) is 9.97 Å². The van der Waals surface area contributed by atoms with E-state index in [-0.39, 0.29) is 0 Å². The van der Waals surface area contributed by atoms with Crippen LogP contribution in [0.15, 0.2) is 93.9 Å². The first-order valence-corrected chi connectivity index (χ1v) is 15.0. The summed E-state index contributed by atoms with van der Waals surface area (Å²) in [6.07, 6.45) is 2.21. The van der Waals surface area contributed by atoms with E-state index >= 15 is 0 Å². The van der Waals surface area contributed by atoms with Gasteiger partial charge in [0.15, 0.2) is 11.8 Å². The zero-order valence-electron chi connectivity index (χ0n) is 25.7. The summed E-state index contributed by atoms with van der Waals surface area (Å²) in [5, 5.41) is 4.27. The van der Waals surface area contributed by atoms with Gasteiger partial charge in [0.25, 0.3) is 0 Å². The van der Waals surface area contributed by atoms with Crippen molar-refractivity contribution in [1.29, 1.82) is 0 Å². The lowest BCUT2D eigenvalue weighted by molar-refractivity contribution is -0.660.